The molecule has 1 fully saturated rings. The van der Waals surface area contributed by atoms with Crippen LogP contribution in [0.2, 0.25) is 0 Å². The fourth-order valence-electron chi connectivity index (χ4n) is 2.23. The zero-order chi connectivity index (χ0) is 15.4. The molecule has 2 amide bonds. The average Bonchev–Trinajstić information content (AvgIpc) is 3.21. The molecule has 6 nitrogen and oxygen atoms in total. The van der Waals surface area contributed by atoms with Gasteiger partial charge in [-0.15, -0.1) is 0 Å². The third-order valence-electron chi connectivity index (χ3n) is 3.63. The minimum atomic E-state index is -1.21. The molecule has 0 radical (unpaired) electrons. The molecule has 1 aliphatic rings. The van der Waals surface area contributed by atoms with Gasteiger partial charge in [-0.3, -0.25) is 0 Å². The Morgan fingerprint density at radius 2 is 2.10 bits per heavy atom. The Morgan fingerprint density at radius 3 is 2.62 bits per heavy atom. The highest BCUT2D eigenvalue weighted by Crippen LogP contribution is 2.34. The van der Waals surface area contributed by atoms with Gasteiger partial charge in [-0.2, -0.15) is 0 Å². The molecule has 1 aromatic carbocycles. The third kappa shape index (κ3) is 4.37. The van der Waals surface area contributed by atoms with E-state index in [1.165, 1.54) is 31.0 Å². The molecule has 2 rings (SSSR count). The summed E-state index contributed by atoms with van der Waals surface area (Å²) >= 11 is 0. The van der Waals surface area contributed by atoms with E-state index in [0.29, 0.717) is 5.69 Å². The van der Waals surface area contributed by atoms with Crippen molar-refractivity contribution in [2.75, 3.05) is 5.32 Å². The number of urea groups is 1. The molecule has 0 spiro atoms. The predicted molar refractivity (Wildman–Crippen MR) is 78.6 cm³/mol. The van der Waals surface area contributed by atoms with Crippen molar-refractivity contribution in [1.29, 1.82) is 0 Å². The lowest BCUT2D eigenvalue weighted by atomic mass is 10.1. The van der Waals surface area contributed by atoms with Crippen molar-refractivity contribution in [3.8, 4) is 5.75 Å². The highest BCUT2D eigenvalue weighted by Gasteiger charge is 2.25. The van der Waals surface area contributed by atoms with Crippen LogP contribution in [0.25, 0.3) is 0 Å². The topological polar surface area (TPSA) is 98.7 Å². The molecule has 6 heteroatoms. The van der Waals surface area contributed by atoms with Gasteiger partial charge in [-0.25, -0.2) is 9.59 Å². The molecule has 1 saturated carbocycles. The number of benzene rings is 1. The number of carboxylic acid groups (broad SMARTS) is 1. The molecule has 0 aromatic heterocycles. The highest BCUT2D eigenvalue weighted by atomic mass is 16.4. The quantitative estimate of drug-likeness (QED) is 0.648. The number of carboxylic acids is 1. The standard InChI is InChI=1S/C15H20N2O4/c1-2-10(7-9-3-4-9)16-15(21)17-11-5-6-12(14(19)20)13(18)8-11/h5-6,8-10,18H,2-4,7H2,1H3,(H,19,20)(H2,16,17,21). The Balaban J connectivity index is 1.92. The second kappa shape index (κ2) is 6.47. The smallest absolute Gasteiger partial charge is 0.339 e. The van der Waals surface area contributed by atoms with Gasteiger partial charge >= 0.3 is 12.0 Å². The first-order chi connectivity index (χ1) is 9.99. The number of hydrogen-bond donors (Lipinski definition) is 4. The van der Waals surface area contributed by atoms with Crippen LogP contribution in [0.1, 0.15) is 43.0 Å². The molecule has 4 N–H and O–H groups in total. The minimum Gasteiger partial charge on any atom is -0.507 e. The molecule has 1 unspecified atom stereocenters. The van der Waals surface area contributed by atoms with Crippen molar-refractivity contribution < 1.29 is 19.8 Å². The maximum absolute atomic E-state index is 11.9. The van der Waals surface area contributed by atoms with E-state index in [9.17, 15) is 14.7 Å². The van der Waals surface area contributed by atoms with Gasteiger partial charge in [0, 0.05) is 17.8 Å². The van der Waals surface area contributed by atoms with Crippen molar-refractivity contribution >= 4 is 17.7 Å². The Hall–Kier alpha value is -2.24. The second-order valence-corrected chi connectivity index (χ2v) is 5.42. The van der Waals surface area contributed by atoms with Gasteiger partial charge in [0.15, 0.2) is 0 Å². The van der Waals surface area contributed by atoms with Crippen LogP contribution < -0.4 is 10.6 Å². The molecule has 1 aromatic rings. The fourth-order valence-corrected chi connectivity index (χ4v) is 2.23. The molecule has 0 bridgehead atoms. The van der Waals surface area contributed by atoms with E-state index >= 15 is 0 Å². The molecule has 1 aliphatic carbocycles. The van der Waals surface area contributed by atoms with E-state index < -0.39 is 5.97 Å². The number of amides is 2. The van der Waals surface area contributed by atoms with Crippen LogP contribution in [-0.4, -0.2) is 28.3 Å². The summed E-state index contributed by atoms with van der Waals surface area (Å²) < 4.78 is 0. The Labute approximate surface area is 123 Å². The summed E-state index contributed by atoms with van der Waals surface area (Å²) in [7, 11) is 0. The molecule has 1 atom stereocenters. The molecular weight excluding hydrogens is 272 g/mol. The van der Waals surface area contributed by atoms with Crippen LogP contribution in [0, 0.1) is 5.92 Å². The first kappa shape index (κ1) is 15.2. The summed E-state index contributed by atoms with van der Waals surface area (Å²) in [5.41, 5.74) is 0.164. The van der Waals surface area contributed by atoms with Gasteiger partial charge in [0.05, 0.1) is 0 Å². The van der Waals surface area contributed by atoms with Crippen LogP contribution in [0.3, 0.4) is 0 Å². The average molecular weight is 292 g/mol. The highest BCUT2D eigenvalue weighted by molar-refractivity contribution is 5.94. The van der Waals surface area contributed by atoms with E-state index in [1.807, 2.05) is 6.92 Å². The maximum Gasteiger partial charge on any atom is 0.339 e. The molecule has 0 saturated heterocycles. The lowest BCUT2D eigenvalue weighted by molar-refractivity contribution is 0.0694. The van der Waals surface area contributed by atoms with Crippen molar-refractivity contribution in [2.45, 2.75) is 38.6 Å². The van der Waals surface area contributed by atoms with Crippen LogP contribution in [0.5, 0.6) is 5.75 Å². The lowest BCUT2D eigenvalue weighted by Gasteiger charge is -2.17. The van der Waals surface area contributed by atoms with Crippen LogP contribution in [0.4, 0.5) is 10.5 Å². The predicted octanol–water partition coefficient (Wildman–Crippen LogP) is 2.79. The summed E-state index contributed by atoms with van der Waals surface area (Å²) in [4.78, 5) is 22.7. The van der Waals surface area contributed by atoms with Gasteiger partial charge in [0.2, 0.25) is 0 Å². The number of nitrogens with one attached hydrogen (secondary N) is 2. The number of carbonyl (C=O) groups is 2. The van der Waals surface area contributed by atoms with Gasteiger partial charge in [-0.1, -0.05) is 19.8 Å². The van der Waals surface area contributed by atoms with Crippen LogP contribution >= 0.6 is 0 Å². The number of anilines is 1. The SMILES string of the molecule is CCC(CC1CC1)NC(=O)Nc1ccc(C(=O)O)c(O)c1. The Kier molecular flexibility index (Phi) is 4.67. The summed E-state index contributed by atoms with van der Waals surface area (Å²) in [6.45, 7) is 2.03. The number of rotatable bonds is 6. The minimum absolute atomic E-state index is 0.143. The number of hydrogen-bond acceptors (Lipinski definition) is 3. The summed E-state index contributed by atoms with van der Waals surface area (Å²) in [6, 6.07) is 3.74. The van der Waals surface area contributed by atoms with E-state index in [-0.39, 0.29) is 23.4 Å². The monoisotopic (exact) mass is 292 g/mol. The maximum atomic E-state index is 11.9. The summed E-state index contributed by atoms with van der Waals surface area (Å²) in [5.74, 6) is -0.849. The number of phenols is 1. The number of aromatic carboxylic acids is 1. The van der Waals surface area contributed by atoms with Gasteiger partial charge in [0.1, 0.15) is 11.3 Å². The van der Waals surface area contributed by atoms with Crippen molar-refractivity contribution in [1.82, 2.24) is 5.32 Å². The van der Waals surface area contributed by atoms with Crippen molar-refractivity contribution in [3.05, 3.63) is 23.8 Å². The van der Waals surface area contributed by atoms with Crippen molar-refractivity contribution in [3.63, 3.8) is 0 Å². The first-order valence-electron chi connectivity index (χ1n) is 7.13. The van der Waals surface area contributed by atoms with Crippen molar-refractivity contribution in [2.24, 2.45) is 5.92 Å². The second-order valence-electron chi connectivity index (χ2n) is 5.42. The normalized spacial score (nSPS) is 15.3. The van der Waals surface area contributed by atoms with Crippen LogP contribution in [-0.2, 0) is 0 Å². The van der Waals surface area contributed by atoms with Gasteiger partial charge in [-0.05, 0) is 30.9 Å². The van der Waals surface area contributed by atoms with E-state index in [0.717, 1.165) is 18.8 Å². The zero-order valence-corrected chi connectivity index (χ0v) is 11.9. The molecule has 21 heavy (non-hydrogen) atoms. The molecule has 0 aliphatic heterocycles. The Bertz CT molecular complexity index is 540. The Morgan fingerprint density at radius 1 is 1.38 bits per heavy atom. The molecule has 114 valence electrons. The van der Waals surface area contributed by atoms with E-state index in [4.69, 9.17) is 5.11 Å². The number of carbonyl (C=O) groups excluding carboxylic acids is 1. The van der Waals surface area contributed by atoms with Gasteiger partial charge < -0.3 is 20.8 Å². The van der Waals surface area contributed by atoms with E-state index in [2.05, 4.69) is 10.6 Å². The van der Waals surface area contributed by atoms with Gasteiger partial charge in [0.25, 0.3) is 0 Å². The zero-order valence-electron chi connectivity index (χ0n) is 11.9. The van der Waals surface area contributed by atoms with Crippen LogP contribution in [0.15, 0.2) is 18.2 Å². The largest absolute Gasteiger partial charge is 0.507 e. The first-order valence-corrected chi connectivity index (χ1v) is 7.13. The fraction of sp³-hybridized carbons (Fsp3) is 0.467. The summed E-state index contributed by atoms with van der Waals surface area (Å²) in [5, 5.41) is 23.9. The molecule has 0 heterocycles. The number of aromatic hydroxyl groups is 1. The lowest BCUT2D eigenvalue weighted by Crippen LogP contribution is -2.37. The van der Waals surface area contributed by atoms with E-state index in [1.54, 1.807) is 0 Å². The molecular formula is C15H20N2O4. The summed E-state index contributed by atoms with van der Waals surface area (Å²) in [6.07, 6.45) is 4.34. The third-order valence-corrected chi connectivity index (χ3v) is 3.63.